The lowest BCUT2D eigenvalue weighted by molar-refractivity contribution is 0.0601. The van der Waals surface area contributed by atoms with Gasteiger partial charge in [-0.1, -0.05) is 0 Å². The first kappa shape index (κ1) is 11.4. The van der Waals surface area contributed by atoms with Gasteiger partial charge >= 0.3 is 5.97 Å². The van der Waals surface area contributed by atoms with Crippen LogP contribution in [0.3, 0.4) is 0 Å². The topological polar surface area (TPSA) is 50.1 Å². The summed E-state index contributed by atoms with van der Waals surface area (Å²) in [6, 6.07) is 8.91. The lowest BCUT2D eigenvalue weighted by Crippen LogP contribution is -2.03. The van der Waals surface area contributed by atoms with E-state index in [1.54, 1.807) is 29.5 Å². The number of hydrogen-bond acceptors (Lipinski definition) is 4. The lowest BCUT2D eigenvalue weighted by atomic mass is 10.00. The van der Waals surface area contributed by atoms with Crippen LogP contribution in [0.15, 0.2) is 35.0 Å². The van der Waals surface area contributed by atoms with Gasteiger partial charge in [0.1, 0.15) is 0 Å². The third-order valence-electron chi connectivity index (χ3n) is 2.39. The molecule has 0 amide bonds. The van der Waals surface area contributed by atoms with Gasteiger partial charge in [-0.25, -0.2) is 4.79 Å². The first-order valence-electron chi connectivity index (χ1n) is 4.91. The molecule has 0 radical (unpaired) electrons. The molecule has 0 atom stereocenters. The molecule has 0 saturated heterocycles. The van der Waals surface area contributed by atoms with Crippen LogP contribution >= 0.6 is 11.3 Å². The standard InChI is InChI=1S/C13H9NO2S/c1-16-13(15)11-3-2-9(7-14)6-12(11)10-4-5-17-8-10/h2-6,8H,1H3. The summed E-state index contributed by atoms with van der Waals surface area (Å²) >= 11 is 1.54. The van der Waals surface area contributed by atoms with Gasteiger partial charge < -0.3 is 4.74 Å². The lowest BCUT2D eigenvalue weighted by Gasteiger charge is -2.06. The van der Waals surface area contributed by atoms with Crippen molar-refractivity contribution in [1.82, 2.24) is 0 Å². The maximum atomic E-state index is 11.6. The number of ether oxygens (including phenoxy) is 1. The van der Waals surface area contributed by atoms with Crippen LogP contribution in [0, 0.1) is 11.3 Å². The fraction of sp³-hybridized carbons (Fsp3) is 0.0769. The molecule has 3 nitrogen and oxygen atoms in total. The zero-order valence-electron chi connectivity index (χ0n) is 9.14. The number of nitrogens with zero attached hydrogens (tertiary/aromatic N) is 1. The highest BCUT2D eigenvalue weighted by atomic mass is 32.1. The molecule has 0 bridgehead atoms. The number of nitriles is 1. The second-order valence-electron chi connectivity index (χ2n) is 3.38. The van der Waals surface area contributed by atoms with Gasteiger partial charge in [-0.05, 0) is 46.2 Å². The van der Waals surface area contributed by atoms with Crippen molar-refractivity contribution >= 4 is 17.3 Å². The van der Waals surface area contributed by atoms with Gasteiger partial charge in [0.25, 0.3) is 0 Å². The number of thiophene rings is 1. The van der Waals surface area contributed by atoms with E-state index in [2.05, 4.69) is 6.07 Å². The van der Waals surface area contributed by atoms with Gasteiger partial charge in [-0.15, -0.1) is 0 Å². The van der Waals surface area contributed by atoms with Gasteiger partial charge in [0, 0.05) is 0 Å². The van der Waals surface area contributed by atoms with Gasteiger partial charge in [-0.2, -0.15) is 16.6 Å². The number of hydrogen-bond donors (Lipinski definition) is 0. The molecule has 2 rings (SSSR count). The zero-order valence-corrected chi connectivity index (χ0v) is 9.95. The second kappa shape index (κ2) is 4.81. The Bertz CT molecular complexity index is 582. The Kier molecular flexibility index (Phi) is 3.22. The predicted octanol–water partition coefficient (Wildman–Crippen LogP) is 3.07. The van der Waals surface area contributed by atoms with Crippen LogP contribution in [-0.2, 0) is 4.74 Å². The van der Waals surface area contributed by atoms with Crippen LogP contribution in [0.1, 0.15) is 15.9 Å². The van der Waals surface area contributed by atoms with Gasteiger partial charge in [0.05, 0.1) is 24.3 Å². The number of rotatable bonds is 2. The largest absolute Gasteiger partial charge is 0.465 e. The highest BCUT2D eigenvalue weighted by Crippen LogP contribution is 2.27. The van der Waals surface area contributed by atoms with E-state index in [9.17, 15) is 4.79 Å². The maximum Gasteiger partial charge on any atom is 0.338 e. The van der Waals surface area contributed by atoms with Crippen molar-refractivity contribution in [3.63, 3.8) is 0 Å². The van der Waals surface area contributed by atoms with Gasteiger partial charge in [0.15, 0.2) is 0 Å². The molecule has 1 aromatic carbocycles. The first-order chi connectivity index (χ1) is 8.26. The third-order valence-corrected chi connectivity index (χ3v) is 3.07. The normalized spacial score (nSPS) is 9.65. The summed E-state index contributed by atoms with van der Waals surface area (Å²) < 4.78 is 4.73. The SMILES string of the molecule is COC(=O)c1ccc(C#N)cc1-c1ccsc1. The molecule has 0 aliphatic heterocycles. The molecule has 0 fully saturated rings. The number of esters is 1. The molecule has 0 spiro atoms. The summed E-state index contributed by atoms with van der Waals surface area (Å²) in [4.78, 5) is 11.6. The molecular formula is C13H9NO2S. The fourth-order valence-electron chi connectivity index (χ4n) is 1.56. The average molecular weight is 243 g/mol. The fourth-order valence-corrected chi connectivity index (χ4v) is 2.21. The van der Waals surface area contributed by atoms with E-state index < -0.39 is 5.97 Å². The Balaban J connectivity index is 2.61. The summed E-state index contributed by atoms with van der Waals surface area (Å²) in [5.74, 6) is -0.393. The molecular weight excluding hydrogens is 234 g/mol. The molecule has 0 unspecified atom stereocenters. The molecule has 0 aliphatic rings. The van der Waals surface area contributed by atoms with E-state index in [0.717, 1.165) is 11.1 Å². The van der Waals surface area contributed by atoms with Crippen molar-refractivity contribution in [2.45, 2.75) is 0 Å². The van der Waals surface area contributed by atoms with Crippen LogP contribution < -0.4 is 0 Å². The summed E-state index contributed by atoms with van der Waals surface area (Å²) in [7, 11) is 1.35. The Morgan fingerprint density at radius 1 is 1.41 bits per heavy atom. The summed E-state index contributed by atoms with van der Waals surface area (Å²) in [6.45, 7) is 0. The Hall–Kier alpha value is -2.12. The van der Waals surface area contributed by atoms with E-state index >= 15 is 0 Å². The maximum absolute atomic E-state index is 11.6. The van der Waals surface area contributed by atoms with E-state index in [-0.39, 0.29) is 0 Å². The minimum Gasteiger partial charge on any atom is -0.465 e. The molecule has 4 heteroatoms. The molecule has 1 heterocycles. The highest BCUT2D eigenvalue weighted by Gasteiger charge is 2.14. The van der Waals surface area contributed by atoms with Gasteiger partial charge in [-0.3, -0.25) is 0 Å². The minimum absolute atomic E-state index is 0.393. The van der Waals surface area contributed by atoms with Crippen LogP contribution in [0.2, 0.25) is 0 Å². The van der Waals surface area contributed by atoms with Crippen LogP contribution in [0.25, 0.3) is 11.1 Å². The second-order valence-corrected chi connectivity index (χ2v) is 4.16. The first-order valence-corrected chi connectivity index (χ1v) is 5.85. The predicted molar refractivity (Wildman–Crippen MR) is 65.8 cm³/mol. The summed E-state index contributed by atoms with van der Waals surface area (Å²) in [6.07, 6.45) is 0. The summed E-state index contributed by atoms with van der Waals surface area (Å²) in [5.41, 5.74) is 2.66. The number of carbonyl (C=O) groups is 1. The molecule has 0 saturated carbocycles. The van der Waals surface area contributed by atoms with E-state index in [1.807, 2.05) is 16.8 Å². The van der Waals surface area contributed by atoms with Crippen molar-refractivity contribution in [3.05, 3.63) is 46.2 Å². The Morgan fingerprint density at radius 2 is 2.24 bits per heavy atom. The Morgan fingerprint density at radius 3 is 2.82 bits per heavy atom. The quantitative estimate of drug-likeness (QED) is 0.761. The van der Waals surface area contributed by atoms with E-state index in [1.165, 1.54) is 7.11 Å². The molecule has 0 aliphatic carbocycles. The molecule has 1 aromatic heterocycles. The average Bonchev–Trinajstić information content (AvgIpc) is 2.91. The monoisotopic (exact) mass is 243 g/mol. The summed E-state index contributed by atoms with van der Waals surface area (Å²) in [5, 5.41) is 12.7. The number of carbonyl (C=O) groups excluding carboxylic acids is 1. The molecule has 17 heavy (non-hydrogen) atoms. The number of methoxy groups -OCH3 is 1. The molecule has 0 N–H and O–H groups in total. The van der Waals surface area contributed by atoms with Crippen molar-refractivity contribution in [2.24, 2.45) is 0 Å². The van der Waals surface area contributed by atoms with Crippen molar-refractivity contribution < 1.29 is 9.53 Å². The molecule has 2 aromatic rings. The zero-order chi connectivity index (χ0) is 12.3. The third kappa shape index (κ3) is 2.19. The smallest absolute Gasteiger partial charge is 0.338 e. The van der Waals surface area contributed by atoms with E-state index in [0.29, 0.717) is 11.1 Å². The molecule has 84 valence electrons. The van der Waals surface area contributed by atoms with Gasteiger partial charge in [0.2, 0.25) is 0 Å². The van der Waals surface area contributed by atoms with Crippen molar-refractivity contribution in [1.29, 1.82) is 5.26 Å². The Labute approximate surface area is 103 Å². The van der Waals surface area contributed by atoms with E-state index in [4.69, 9.17) is 10.00 Å². The van der Waals surface area contributed by atoms with Crippen molar-refractivity contribution in [3.8, 4) is 17.2 Å². The highest BCUT2D eigenvalue weighted by molar-refractivity contribution is 7.08. The minimum atomic E-state index is -0.393. The van der Waals surface area contributed by atoms with Crippen LogP contribution in [0.5, 0.6) is 0 Å². The van der Waals surface area contributed by atoms with Crippen molar-refractivity contribution in [2.75, 3.05) is 7.11 Å². The van der Waals surface area contributed by atoms with Crippen LogP contribution in [-0.4, -0.2) is 13.1 Å². The number of benzene rings is 1. The van der Waals surface area contributed by atoms with Crippen LogP contribution in [0.4, 0.5) is 0 Å².